The van der Waals surface area contributed by atoms with Gasteiger partial charge in [0.1, 0.15) is 0 Å². The first-order valence-electron chi connectivity index (χ1n) is 25.5. The highest BCUT2D eigenvalue weighted by molar-refractivity contribution is 6.10. The minimum atomic E-state index is -1.40. The Morgan fingerprint density at radius 3 is 1.51 bits per heavy atom. The number of anilines is 6. The average Bonchev–Trinajstić information content (AvgIpc) is 3.94. The fourth-order valence-electron chi connectivity index (χ4n) is 10.8. The number of nitrogens with zero attached hydrogens (tertiary/aromatic N) is 3. The molecule has 0 fully saturated rings. The Morgan fingerprint density at radius 2 is 0.868 bits per heavy atom. The molecule has 0 spiro atoms. The Labute approximate surface area is 403 Å². The second-order valence-electron chi connectivity index (χ2n) is 17.3. The topological polar surface area (TPSA) is 11.4 Å². The largest absolute Gasteiger partial charge is 0.310 e. The standard InChI is InChI=1S/C65H45N3/c1-6-23-47(24-7-1)65(48-37-42-64-59(43-48)56-34-18-19-35-63(56)68(64)52-31-14-5-15-32-52)60-40-38-53(66(49-25-8-2-9-26-49)50-27-10-3-11-28-50)44-57(60)58-45-54(39-41-61(58)65)67(51-29-12-4-13-30-51)62-36-20-22-46-21-16-17-33-55(46)62/h1-45H/i1D,6D,7D,23D,24D. The van der Waals surface area contributed by atoms with Crippen molar-refractivity contribution in [2.24, 2.45) is 0 Å². The summed E-state index contributed by atoms with van der Waals surface area (Å²) in [6.45, 7) is 0. The van der Waals surface area contributed by atoms with Crippen molar-refractivity contribution in [1.82, 2.24) is 4.57 Å². The van der Waals surface area contributed by atoms with E-state index in [1.807, 2.05) is 60.7 Å². The molecule has 1 heterocycles. The zero-order valence-electron chi connectivity index (χ0n) is 41.9. The molecule has 0 N–H and O–H groups in total. The molecule has 3 heteroatoms. The first-order valence-corrected chi connectivity index (χ1v) is 23.0. The Morgan fingerprint density at radius 1 is 0.353 bits per heavy atom. The molecule has 0 aliphatic heterocycles. The zero-order chi connectivity index (χ0) is 49.4. The van der Waals surface area contributed by atoms with Crippen LogP contribution in [0.3, 0.4) is 0 Å². The monoisotopic (exact) mass is 872 g/mol. The number of hydrogen-bond donors (Lipinski definition) is 0. The maximum atomic E-state index is 9.92. The summed E-state index contributed by atoms with van der Waals surface area (Å²) in [4.78, 5) is 4.53. The lowest BCUT2D eigenvalue weighted by Crippen LogP contribution is -2.28. The van der Waals surface area contributed by atoms with Crippen molar-refractivity contribution >= 4 is 66.7 Å². The van der Waals surface area contributed by atoms with E-state index in [0.717, 1.165) is 100 Å². The second kappa shape index (κ2) is 16.2. The van der Waals surface area contributed by atoms with Gasteiger partial charge in [0.15, 0.2) is 0 Å². The fourth-order valence-corrected chi connectivity index (χ4v) is 10.8. The van der Waals surface area contributed by atoms with Gasteiger partial charge in [0.25, 0.3) is 0 Å². The SMILES string of the molecule is [2H]c1c([2H])c([2H])c(C2(c3ccc4c(c3)c3ccccc3n4-c3ccccc3)c3ccc(N(c4ccccc4)c4ccccc4)cc3-c3cc(N(c4ccccc4)c4cccc5ccccc45)ccc32)c([2H])c1[2H]. The van der Waals surface area contributed by atoms with E-state index < -0.39 is 11.5 Å². The van der Waals surface area contributed by atoms with Crippen molar-refractivity contribution in [2.45, 2.75) is 5.41 Å². The molecule has 0 bridgehead atoms. The number of hydrogen-bond acceptors (Lipinski definition) is 2. The van der Waals surface area contributed by atoms with Gasteiger partial charge >= 0.3 is 0 Å². The van der Waals surface area contributed by atoms with E-state index in [2.05, 4.69) is 196 Å². The van der Waals surface area contributed by atoms with Crippen molar-refractivity contribution in [3.8, 4) is 16.8 Å². The van der Waals surface area contributed by atoms with Crippen LogP contribution in [0.5, 0.6) is 0 Å². The molecule has 0 saturated carbocycles. The van der Waals surface area contributed by atoms with Crippen LogP contribution in [0.1, 0.15) is 29.1 Å². The van der Waals surface area contributed by atoms with E-state index in [-0.39, 0.29) is 29.7 Å². The minimum Gasteiger partial charge on any atom is -0.310 e. The van der Waals surface area contributed by atoms with Crippen LogP contribution in [0.4, 0.5) is 34.1 Å². The van der Waals surface area contributed by atoms with Gasteiger partial charge in [-0.15, -0.1) is 0 Å². The average molecular weight is 873 g/mol. The van der Waals surface area contributed by atoms with E-state index in [1.54, 1.807) is 0 Å². The van der Waals surface area contributed by atoms with Gasteiger partial charge in [-0.2, -0.15) is 0 Å². The van der Waals surface area contributed by atoms with Crippen molar-refractivity contribution in [3.63, 3.8) is 0 Å². The molecule has 0 radical (unpaired) electrons. The second-order valence-corrected chi connectivity index (χ2v) is 17.3. The molecule has 11 aromatic carbocycles. The Kier molecular flexibility index (Phi) is 8.20. The van der Waals surface area contributed by atoms with Crippen LogP contribution in [-0.4, -0.2) is 4.57 Å². The summed E-state index contributed by atoms with van der Waals surface area (Å²) < 4.78 is 49.5. The van der Waals surface area contributed by atoms with E-state index in [4.69, 9.17) is 1.37 Å². The smallest absolute Gasteiger partial charge is 0.0713 e. The summed E-state index contributed by atoms with van der Waals surface area (Å²) in [6.07, 6.45) is 0. The highest BCUT2D eigenvalue weighted by atomic mass is 15.1. The number of rotatable bonds is 9. The molecular weight excluding hydrogens is 823 g/mol. The molecule has 68 heavy (non-hydrogen) atoms. The van der Waals surface area contributed by atoms with Crippen LogP contribution in [0, 0.1) is 0 Å². The van der Waals surface area contributed by atoms with Gasteiger partial charge in [-0.1, -0.05) is 176 Å². The van der Waals surface area contributed by atoms with E-state index in [1.165, 1.54) is 0 Å². The molecule has 1 aliphatic rings. The van der Waals surface area contributed by atoms with E-state index in [9.17, 15) is 5.48 Å². The lowest BCUT2D eigenvalue weighted by atomic mass is 9.67. The van der Waals surface area contributed by atoms with Gasteiger partial charge in [-0.3, -0.25) is 0 Å². The highest BCUT2D eigenvalue weighted by Crippen LogP contribution is 2.59. The summed E-state index contributed by atoms with van der Waals surface area (Å²) in [6, 6.07) is 82.2. The molecular formula is C65H45N3. The normalized spacial score (nSPS) is 15.0. The minimum absolute atomic E-state index is 0.196. The summed E-state index contributed by atoms with van der Waals surface area (Å²) in [5.74, 6) is 0. The lowest BCUT2D eigenvalue weighted by molar-refractivity contribution is 0.770. The molecule has 320 valence electrons. The van der Waals surface area contributed by atoms with Gasteiger partial charge in [0, 0.05) is 50.3 Å². The maximum absolute atomic E-state index is 9.92. The molecule has 0 saturated heterocycles. The summed E-state index contributed by atoms with van der Waals surface area (Å²) in [5.41, 5.74) is 11.8. The quantitative estimate of drug-likeness (QED) is 0.143. The number of benzene rings is 11. The van der Waals surface area contributed by atoms with Crippen molar-refractivity contribution < 1.29 is 6.85 Å². The molecule has 13 rings (SSSR count). The van der Waals surface area contributed by atoms with Crippen LogP contribution < -0.4 is 9.80 Å². The number of para-hydroxylation sites is 5. The van der Waals surface area contributed by atoms with Crippen LogP contribution in [0.15, 0.2) is 273 Å². The van der Waals surface area contributed by atoms with E-state index >= 15 is 0 Å². The first kappa shape index (κ1) is 34.4. The summed E-state index contributed by atoms with van der Waals surface area (Å²) >= 11 is 0. The third-order valence-corrected chi connectivity index (χ3v) is 13.7. The predicted molar refractivity (Wildman–Crippen MR) is 285 cm³/mol. The third-order valence-electron chi connectivity index (χ3n) is 13.7. The summed E-state index contributed by atoms with van der Waals surface area (Å²) in [7, 11) is 0. The first-order chi connectivity index (χ1) is 35.8. The molecule has 1 unspecified atom stereocenters. The zero-order valence-corrected chi connectivity index (χ0v) is 36.9. The molecule has 12 aromatic rings. The van der Waals surface area contributed by atoms with Crippen LogP contribution in [0.25, 0.3) is 49.4 Å². The van der Waals surface area contributed by atoms with Crippen molar-refractivity contribution in [1.29, 1.82) is 0 Å². The van der Waals surface area contributed by atoms with Crippen LogP contribution in [0.2, 0.25) is 0 Å². The molecule has 0 amide bonds. The van der Waals surface area contributed by atoms with E-state index in [0.29, 0.717) is 0 Å². The predicted octanol–water partition coefficient (Wildman–Crippen LogP) is 17.2. The number of fused-ring (bicyclic) bond motifs is 7. The molecule has 1 aliphatic carbocycles. The van der Waals surface area contributed by atoms with Gasteiger partial charge < -0.3 is 14.4 Å². The molecule has 3 nitrogen and oxygen atoms in total. The van der Waals surface area contributed by atoms with Crippen LogP contribution in [-0.2, 0) is 5.41 Å². The Balaban J connectivity index is 1.16. The van der Waals surface area contributed by atoms with Crippen molar-refractivity contribution in [3.05, 3.63) is 295 Å². The van der Waals surface area contributed by atoms with Crippen LogP contribution >= 0.6 is 0 Å². The Bertz CT molecular complexity index is 4030. The van der Waals surface area contributed by atoms with Gasteiger partial charge in [0.05, 0.1) is 29.0 Å². The van der Waals surface area contributed by atoms with Crippen molar-refractivity contribution in [2.75, 3.05) is 9.80 Å². The highest BCUT2D eigenvalue weighted by Gasteiger charge is 2.47. The van der Waals surface area contributed by atoms with Gasteiger partial charge in [0.2, 0.25) is 0 Å². The molecule has 1 atom stereocenters. The van der Waals surface area contributed by atoms with Gasteiger partial charge in [-0.05, 0) is 136 Å². The summed E-state index contributed by atoms with van der Waals surface area (Å²) in [5, 5.41) is 4.23. The van der Waals surface area contributed by atoms with Gasteiger partial charge in [-0.25, -0.2) is 0 Å². The molecule has 1 aromatic heterocycles. The third kappa shape index (κ3) is 6.21. The Hall–Kier alpha value is -8.92. The lowest BCUT2D eigenvalue weighted by Gasteiger charge is -2.35. The number of aromatic nitrogens is 1. The maximum Gasteiger partial charge on any atom is 0.0713 e. The fraction of sp³-hybridized carbons (Fsp3) is 0.0154.